The lowest BCUT2D eigenvalue weighted by molar-refractivity contribution is 0.332. The number of benzene rings is 10. The van der Waals surface area contributed by atoms with Gasteiger partial charge in [0.15, 0.2) is 0 Å². The Balaban J connectivity index is 1.10. The van der Waals surface area contributed by atoms with E-state index in [1.807, 2.05) is 11.3 Å². The van der Waals surface area contributed by atoms with Crippen LogP contribution >= 0.6 is 11.3 Å². The smallest absolute Gasteiger partial charge is 0.264 e. The van der Waals surface area contributed by atoms with Gasteiger partial charge in [-0.1, -0.05) is 230 Å². The summed E-state index contributed by atoms with van der Waals surface area (Å²) in [6, 6.07) is 86.2. The molecular formula is C82H80BN3S. The molecule has 1 aliphatic carbocycles. The lowest BCUT2D eigenvalue weighted by atomic mass is 9.36. The highest BCUT2D eigenvalue weighted by atomic mass is 32.1. The minimum Gasteiger partial charge on any atom is -0.311 e. The third-order valence-corrected chi connectivity index (χ3v) is 20.6. The van der Waals surface area contributed by atoms with E-state index in [2.05, 4.69) is 329 Å². The number of rotatable bonds is 8. The summed E-state index contributed by atoms with van der Waals surface area (Å²) in [6.45, 7) is 30.6. The second kappa shape index (κ2) is 20.6. The van der Waals surface area contributed by atoms with E-state index >= 15 is 0 Å². The third kappa shape index (κ3) is 9.73. The topological polar surface area (TPSA) is 9.72 Å². The first-order valence-electron chi connectivity index (χ1n) is 31.5. The van der Waals surface area contributed by atoms with Gasteiger partial charge in [-0.05, 0) is 186 Å². The predicted molar refractivity (Wildman–Crippen MR) is 378 cm³/mol. The Labute approximate surface area is 522 Å². The summed E-state index contributed by atoms with van der Waals surface area (Å²) in [5, 5.41) is 1.27. The molecule has 0 spiro atoms. The number of hydrogen-bond donors (Lipinski definition) is 0. The Morgan fingerprint density at radius 3 is 1.54 bits per heavy atom. The highest BCUT2D eigenvalue weighted by Crippen LogP contribution is 2.55. The van der Waals surface area contributed by atoms with Crippen LogP contribution in [0.5, 0.6) is 0 Å². The molecule has 0 saturated heterocycles. The molecular weight excluding hydrogens is 1070 g/mol. The molecule has 0 fully saturated rings. The molecule has 3 nitrogen and oxygen atoms in total. The highest BCUT2D eigenvalue weighted by molar-refractivity contribution is 7.33. The molecule has 432 valence electrons. The maximum Gasteiger partial charge on any atom is 0.264 e. The van der Waals surface area contributed by atoms with E-state index in [9.17, 15) is 0 Å². The quantitative estimate of drug-likeness (QED) is 0.140. The minimum atomic E-state index is -0.0761. The van der Waals surface area contributed by atoms with Crippen LogP contribution in [0.4, 0.5) is 51.2 Å². The molecule has 10 aromatic carbocycles. The van der Waals surface area contributed by atoms with Crippen molar-refractivity contribution < 1.29 is 0 Å². The molecule has 14 rings (SSSR count). The molecule has 1 aromatic heterocycles. The number of fused-ring (bicyclic) bond motifs is 7. The van der Waals surface area contributed by atoms with E-state index < -0.39 is 0 Å². The van der Waals surface area contributed by atoms with Gasteiger partial charge in [0.05, 0.1) is 17.1 Å². The molecule has 0 radical (unpaired) electrons. The molecule has 87 heavy (non-hydrogen) atoms. The van der Waals surface area contributed by atoms with Gasteiger partial charge < -0.3 is 14.7 Å². The molecule has 0 atom stereocenters. The largest absolute Gasteiger partial charge is 0.311 e. The molecule has 0 unspecified atom stereocenters. The maximum atomic E-state index is 2.70. The summed E-state index contributed by atoms with van der Waals surface area (Å²) in [5.74, 6) is 0. The summed E-state index contributed by atoms with van der Waals surface area (Å²) in [4.78, 5) is 7.86. The summed E-state index contributed by atoms with van der Waals surface area (Å²) >= 11 is 1.97. The van der Waals surface area contributed by atoms with Gasteiger partial charge in [-0.25, -0.2) is 0 Å². The van der Waals surface area contributed by atoms with Crippen LogP contribution < -0.4 is 30.4 Å². The van der Waals surface area contributed by atoms with Crippen LogP contribution in [0, 0.1) is 0 Å². The van der Waals surface area contributed by atoms with Gasteiger partial charge >= 0.3 is 0 Å². The van der Waals surface area contributed by atoms with Crippen molar-refractivity contribution in [1.29, 1.82) is 0 Å². The van der Waals surface area contributed by atoms with Gasteiger partial charge in [0, 0.05) is 60.1 Å². The van der Waals surface area contributed by atoms with Crippen molar-refractivity contribution in [3.63, 3.8) is 0 Å². The molecule has 0 bridgehead atoms. The average molecular weight is 1150 g/mol. The van der Waals surface area contributed by atoms with E-state index in [1.54, 1.807) is 0 Å². The monoisotopic (exact) mass is 1150 g/mol. The zero-order valence-electron chi connectivity index (χ0n) is 53.1. The first kappa shape index (κ1) is 56.4. The fraction of sp³-hybridized carbons (Fsp3) is 0.244. The maximum absolute atomic E-state index is 2.70. The van der Waals surface area contributed by atoms with E-state index in [4.69, 9.17) is 0 Å². The minimum absolute atomic E-state index is 0.0000709. The van der Waals surface area contributed by atoms with Crippen LogP contribution in [-0.2, 0) is 27.1 Å². The molecule has 0 amide bonds. The molecule has 5 heteroatoms. The zero-order valence-corrected chi connectivity index (χ0v) is 53.9. The summed E-state index contributed by atoms with van der Waals surface area (Å²) in [6.07, 6.45) is 2.25. The standard InChI is InChI=1S/C82H80BN3S/c1-78(2,3)57-33-38-60(39-34-57)84(69-44-37-59(80(7,8)9)49-63(69)54-26-19-15-20-27-54)62-42-43-68-73(50-62)86(72-52-67-66(81(10,11)46-47-82(67,12)13)51-64(72)55-28-21-16-22-29-55)71-31-23-30-70-75(71)83(68)77-76(85(70)61-40-35-58(36-41-61)79(4,5)6)65-48-56(32-45-74(65)87-77)53-24-17-14-18-25-53/h14-45,48-52H,46-47H2,1-13H3. The van der Waals surface area contributed by atoms with Crippen molar-refractivity contribution in [3.8, 4) is 33.4 Å². The first-order chi connectivity index (χ1) is 41.5. The molecule has 3 heterocycles. The zero-order chi connectivity index (χ0) is 60.5. The van der Waals surface area contributed by atoms with Gasteiger partial charge in [-0.2, -0.15) is 0 Å². The second-order valence-corrected chi connectivity index (χ2v) is 30.4. The Morgan fingerprint density at radius 2 is 0.943 bits per heavy atom. The SMILES string of the molecule is CC(C)(C)c1ccc(N(c2ccc3c(c2)N(c2cc4c(cc2-c2ccccc2)C(C)(C)CCC4(C)C)c2cccc4c2B3c2sc3ccc(-c5ccccc5)cc3c2N4c2ccc(C(C)(C)C)cc2)c2ccc(C(C)(C)C)cc2-c2ccccc2)cc1. The lowest BCUT2D eigenvalue weighted by Gasteiger charge is -2.46. The average Bonchev–Trinajstić information content (AvgIpc) is 1.69. The fourth-order valence-corrected chi connectivity index (χ4v) is 15.5. The molecule has 0 saturated carbocycles. The van der Waals surface area contributed by atoms with Crippen molar-refractivity contribution >= 4 is 95.0 Å². The van der Waals surface area contributed by atoms with Gasteiger partial charge in [0.1, 0.15) is 0 Å². The van der Waals surface area contributed by atoms with Crippen molar-refractivity contribution in [2.75, 3.05) is 14.7 Å². The van der Waals surface area contributed by atoms with E-state index in [-0.39, 0.29) is 33.8 Å². The summed E-state index contributed by atoms with van der Waals surface area (Å²) < 4.78 is 2.65. The van der Waals surface area contributed by atoms with Crippen molar-refractivity contribution in [2.24, 2.45) is 0 Å². The Morgan fingerprint density at radius 1 is 0.414 bits per heavy atom. The van der Waals surface area contributed by atoms with Crippen LogP contribution in [0.25, 0.3) is 43.5 Å². The number of thiophene rings is 1. The van der Waals surface area contributed by atoms with E-state index in [0.29, 0.717) is 0 Å². The third-order valence-electron chi connectivity index (χ3n) is 19.4. The molecule has 0 N–H and O–H groups in total. The van der Waals surface area contributed by atoms with Crippen molar-refractivity contribution in [2.45, 2.75) is 130 Å². The highest BCUT2D eigenvalue weighted by Gasteiger charge is 2.47. The summed E-state index contributed by atoms with van der Waals surface area (Å²) in [5.41, 5.74) is 27.2. The van der Waals surface area contributed by atoms with Gasteiger partial charge in [0.2, 0.25) is 0 Å². The van der Waals surface area contributed by atoms with Crippen LogP contribution in [-0.4, -0.2) is 6.71 Å². The van der Waals surface area contributed by atoms with Crippen molar-refractivity contribution in [3.05, 3.63) is 252 Å². The first-order valence-corrected chi connectivity index (χ1v) is 32.3. The van der Waals surface area contributed by atoms with Crippen LogP contribution in [0.3, 0.4) is 0 Å². The predicted octanol–water partition coefficient (Wildman–Crippen LogP) is 21.7. The van der Waals surface area contributed by atoms with E-state index in [1.165, 1.54) is 115 Å². The van der Waals surface area contributed by atoms with Gasteiger partial charge in [0.25, 0.3) is 6.71 Å². The van der Waals surface area contributed by atoms with E-state index in [0.717, 1.165) is 35.6 Å². The van der Waals surface area contributed by atoms with Crippen LogP contribution in [0.15, 0.2) is 224 Å². The Hall–Kier alpha value is -8.38. The number of hydrogen-bond acceptors (Lipinski definition) is 4. The Bertz CT molecular complexity index is 4440. The second-order valence-electron chi connectivity index (χ2n) is 29.3. The molecule has 2 aliphatic heterocycles. The molecule has 11 aromatic rings. The summed E-state index contributed by atoms with van der Waals surface area (Å²) in [7, 11) is 0. The fourth-order valence-electron chi connectivity index (χ4n) is 14.2. The lowest BCUT2D eigenvalue weighted by Crippen LogP contribution is -2.60. The van der Waals surface area contributed by atoms with Crippen LogP contribution in [0.2, 0.25) is 0 Å². The molecule has 3 aliphatic rings. The number of nitrogens with zero attached hydrogens (tertiary/aromatic N) is 3. The van der Waals surface area contributed by atoms with Gasteiger partial charge in [-0.3, -0.25) is 0 Å². The van der Waals surface area contributed by atoms with Crippen molar-refractivity contribution in [1.82, 2.24) is 0 Å². The number of anilines is 9. The Kier molecular flexibility index (Phi) is 13.4. The van der Waals surface area contributed by atoms with Crippen LogP contribution in [0.1, 0.15) is 131 Å². The normalized spacial score (nSPS) is 15.0. The van der Waals surface area contributed by atoms with Gasteiger partial charge in [-0.15, -0.1) is 11.3 Å².